The van der Waals surface area contributed by atoms with Gasteiger partial charge >= 0.3 is 0 Å². The van der Waals surface area contributed by atoms with E-state index >= 15 is 0 Å². The van der Waals surface area contributed by atoms with Gasteiger partial charge in [-0.2, -0.15) is 0 Å². The fourth-order valence-corrected chi connectivity index (χ4v) is 7.98. The second-order valence-corrected chi connectivity index (χ2v) is 13.5. The van der Waals surface area contributed by atoms with E-state index in [1.807, 2.05) is 30.7 Å². The summed E-state index contributed by atoms with van der Waals surface area (Å²) in [4.78, 5) is 14.2. The molecule has 6 aromatic carbocycles. The normalized spacial score (nSPS) is 13.0. The highest BCUT2D eigenvalue weighted by Gasteiger charge is 2.28. The Kier molecular flexibility index (Phi) is 7.81. The van der Waals surface area contributed by atoms with E-state index in [0.717, 1.165) is 55.9 Å². The quantitative estimate of drug-likeness (QED) is 0.156. The molecule has 0 unspecified atom stereocenters. The lowest BCUT2D eigenvalue weighted by atomic mass is 9.86. The van der Waals surface area contributed by atoms with Crippen molar-refractivity contribution in [2.24, 2.45) is 0 Å². The molecule has 0 bridgehead atoms. The van der Waals surface area contributed by atoms with Crippen molar-refractivity contribution in [3.05, 3.63) is 223 Å². The smallest absolute Gasteiger partial charge is 0.137 e. The van der Waals surface area contributed by atoms with Crippen LogP contribution >= 0.6 is 0 Å². The summed E-state index contributed by atoms with van der Waals surface area (Å²) >= 11 is 0. The summed E-state index contributed by atoms with van der Waals surface area (Å²) in [6.07, 6.45) is 5.68. The molecule has 0 spiro atoms. The summed E-state index contributed by atoms with van der Waals surface area (Å²) in [7, 11) is 0. The first-order valence-corrected chi connectivity index (χ1v) is 18.3. The molecular weight excluding hydrogens is 659 g/mol. The van der Waals surface area contributed by atoms with Gasteiger partial charge in [0, 0.05) is 46.3 Å². The van der Waals surface area contributed by atoms with E-state index in [1.54, 1.807) is 0 Å². The highest BCUT2D eigenvalue weighted by molar-refractivity contribution is 6.12. The van der Waals surface area contributed by atoms with Crippen molar-refractivity contribution < 1.29 is 0 Å². The van der Waals surface area contributed by atoms with Gasteiger partial charge in [0.25, 0.3) is 0 Å². The maximum Gasteiger partial charge on any atom is 0.137 e. The number of anilines is 4. The van der Waals surface area contributed by atoms with Gasteiger partial charge in [-0.3, -0.25) is 9.55 Å². The van der Waals surface area contributed by atoms with Crippen LogP contribution in [0.4, 0.5) is 22.7 Å². The maximum atomic E-state index is 4.82. The Hall–Kier alpha value is -7.24. The summed E-state index contributed by atoms with van der Waals surface area (Å²) in [6.45, 7) is 0.705. The standard InChI is InChI=1S/C49H35N5/c1-3-15-35(16-4-1)48(38-18-14-29-50-33-38)49(37-27-28-42-41-22-7-8-23-43(41)54(46(42)32-37)47-26-11-12-30-51-47)36-17-13-21-40(31-36)53-34-52(39-19-5-2-6-20-39)44-24-9-10-25-45(44)53/h1-33H,34H2/b49-48+. The summed E-state index contributed by atoms with van der Waals surface area (Å²) in [5.74, 6) is 0.889. The fraction of sp³-hybridized carbons (Fsp3) is 0.0204. The van der Waals surface area contributed by atoms with Crippen molar-refractivity contribution in [1.29, 1.82) is 0 Å². The first kappa shape index (κ1) is 31.5. The fourth-order valence-electron chi connectivity index (χ4n) is 7.98. The topological polar surface area (TPSA) is 37.2 Å². The van der Waals surface area contributed by atoms with Gasteiger partial charge in [0.15, 0.2) is 0 Å². The molecule has 0 radical (unpaired) electrons. The van der Waals surface area contributed by atoms with E-state index in [1.165, 1.54) is 27.8 Å². The molecule has 1 aliphatic rings. The van der Waals surface area contributed by atoms with Gasteiger partial charge in [0.1, 0.15) is 12.5 Å². The van der Waals surface area contributed by atoms with Crippen LogP contribution in [0.3, 0.4) is 0 Å². The molecule has 4 heterocycles. The minimum Gasteiger partial charge on any atom is -0.321 e. The van der Waals surface area contributed by atoms with Crippen LogP contribution in [0, 0.1) is 0 Å². The number of para-hydroxylation sites is 4. The minimum absolute atomic E-state index is 0.705. The van der Waals surface area contributed by atoms with Gasteiger partial charge < -0.3 is 9.80 Å². The van der Waals surface area contributed by atoms with Crippen molar-refractivity contribution in [2.45, 2.75) is 0 Å². The van der Waals surface area contributed by atoms with Crippen molar-refractivity contribution >= 4 is 55.7 Å². The second kappa shape index (κ2) is 13.4. The first-order valence-electron chi connectivity index (χ1n) is 18.3. The van der Waals surface area contributed by atoms with Gasteiger partial charge in [-0.05, 0) is 94.6 Å². The molecule has 10 rings (SSSR count). The Morgan fingerprint density at radius 1 is 0.426 bits per heavy atom. The van der Waals surface area contributed by atoms with Crippen LogP contribution in [0.25, 0.3) is 38.8 Å². The molecule has 0 fully saturated rings. The predicted octanol–water partition coefficient (Wildman–Crippen LogP) is 11.8. The number of pyridine rings is 2. The van der Waals surface area contributed by atoms with Crippen LogP contribution < -0.4 is 9.80 Å². The molecule has 0 aliphatic carbocycles. The number of hydrogen-bond acceptors (Lipinski definition) is 4. The lowest BCUT2D eigenvalue weighted by Crippen LogP contribution is -2.23. The van der Waals surface area contributed by atoms with Crippen molar-refractivity contribution in [3.63, 3.8) is 0 Å². The van der Waals surface area contributed by atoms with Gasteiger partial charge in [0.2, 0.25) is 0 Å². The molecule has 3 aromatic heterocycles. The van der Waals surface area contributed by atoms with Crippen LogP contribution in [0.15, 0.2) is 201 Å². The molecule has 54 heavy (non-hydrogen) atoms. The zero-order chi connectivity index (χ0) is 35.8. The third-order valence-electron chi connectivity index (χ3n) is 10.4. The summed E-state index contributed by atoms with van der Waals surface area (Å²) in [5.41, 5.74) is 13.5. The summed E-state index contributed by atoms with van der Waals surface area (Å²) < 4.78 is 2.29. The molecule has 0 amide bonds. The van der Waals surface area contributed by atoms with Crippen molar-refractivity contribution in [1.82, 2.24) is 14.5 Å². The minimum atomic E-state index is 0.705. The highest BCUT2D eigenvalue weighted by atomic mass is 15.4. The van der Waals surface area contributed by atoms with Crippen LogP contribution in [-0.4, -0.2) is 21.2 Å². The van der Waals surface area contributed by atoms with Crippen LogP contribution in [0.2, 0.25) is 0 Å². The number of nitrogens with zero attached hydrogens (tertiary/aromatic N) is 5. The first-order chi connectivity index (χ1) is 26.8. The zero-order valence-corrected chi connectivity index (χ0v) is 29.5. The second-order valence-electron chi connectivity index (χ2n) is 13.5. The summed E-state index contributed by atoms with van der Waals surface area (Å²) in [6, 6.07) is 64.8. The molecule has 5 nitrogen and oxygen atoms in total. The summed E-state index contributed by atoms with van der Waals surface area (Å²) in [5, 5.41) is 2.38. The van der Waals surface area contributed by atoms with E-state index in [0.29, 0.717) is 6.67 Å². The van der Waals surface area contributed by atoms with Crippen LogP contribution in [0.5, 0.6) is 0 Å². The number of fused-ring (bicyclic) bond motifs is 4. The molecule has 0 atom stereocenters. The number of benzene rings is 6. The SMILES string of the molecule is c1ccc(/C(=C(/c2cccc(N3CN(c4ccccc4)c4ccccc43)c2)c2ccc3c4ccccc4n(-c4ccccn4)c3c2)c2cccnc2)cc1. The van der Waals surface area contributed by atoms with Crippen LogP contribution in [0.1, 0.15) is 22.3 Å². The Bertz CT molecular complexity index is 2750. The largest absolute Gasteiger partial charge is 0.321 e. The van der Waals surface area contributed by atoms with E-state index in [4.69, 9.17) is 4.98 Å². The number of aromatic nitrogens is 3. The molecule has 0 saturated heterocycles. The Balaban J connectivity index is 1.22. The molecule has 0 N–H and O–H groups in total. The lowest BCUT2D eigenvalue weighted by molar-refractivity contribution is 0.991. The maximum absolute atomic E-state index is 4.82. The van der Waals surface area contributed by atoms with E-state index < -0.39 is 0 Å². The van der Waals surface area contributed by atoms with Gasteiger partial charge in [-0.25, -0.2) is 4.98 Å². The van der Waals surface area contributed by atoms with E-state index in [2.05, 4.69) is 189 Å². The average molecular weight is 694 g/mol. The van der Waals surface area contributed by atoms with Crippen molar-refractivity contribution in [3.8, 4) is 5.82 Å². The Morgan fingerprint density at radius 3 is 1.83 bits per heavy atom. The highest BCUT2D eigenvalue weighted by Crippen LogP contribution is 2.46. The number of hydrogen-bond donors (Lipinski definition) is 0. The lowest BCUT2D eigenvalue weighted by Gasteiger charge is -2.24. The zero-order valence-electron chi connectivity index (χ0n) is 29.5. The molecule has 9 aromatic rings. The number of rotatable bonds is 7. The van der Waals surface area contributed by atoms with Gasteiger partial charge in [-0.1, -0.05) is 115 Å². The van der Waals surface area contributed by atoms with Gasteiger partial charge in [0.05, 0.1) is 22.4 Å². The third-order valence-corrected chi connectivity index (χ3v) is 10.4. The average Bonchev–Trinajstić information content (AvgIpc) is 3.80. The van der Waals surface area contributed by atoms with Crippen molar-refractivity contribution in [2.75, 3.05) is 16.5 Å². The van der Waals surface area contributed by atoms with Crippen LogP contribution in [-0.2, 0) is 0 Å². The molecule has 1 aliphatic heterocycles. The molecule has 0 saturated carbocycles. The van der Waals surface area contributed by atoms with E-state index in [-0.39, 0.29) is 0 Å². The molecular formula is C49H35N5. The molecule has 5 heteroatoms. The Labute approximate surface area is 314 Å². The predicted molar refractivity (Wildman–Crippen MR) is 223 cm³/mol. The van der Waals surface area contributed by atoms with Gasteiger partial charge in [-0.15, -0.1) is 0 Å². The molecule has 256 valence electrons. The monoisotopic (exact) mass is 693 g/mol. The third kappa shape index (κ3) is 5.42. The van der Waals surface area contributed by atoms with E-state index in [9.17, 15) is 0 Å². The Morgan fingerprint density at radius 2 is 1.06 bits per heavy atom.